The second kappa shape index (κ2) is 7.16. The lowest BCUT2D eigenvalue weighted by atomic mass is 9.49. The van der Waals surface area contributed by atoms with Crippen LogP contribution in [0.15, 0.2) is 12.1 Å². The van der Waals surface area contributed by atoms with Crippen molar-refractivity contribution < 1.29 is 24.4 Å². The largest absolute Gasteiger partial charge is 0.469 e. The molecule has 0 unspecified atom stereocenters. The molecule has 0 amide bonds. The lowest BCUT2D eigenvalue weighted by molar-refractivity contribution is -0.384. The number of esters is 1. The lowest BCUT2D eigenvalue weighted by Gasteiger charge is -2.53. The molecule has 0 aromatic heterocycles. The first-order chi connectivity index (χ1) is 13.2. The van der Waals surface area contributed by atoms with Crippen LogP contribution in [0.2, 0.25) is 0 Å². The third-order valence-corrected chi connectivity index (χ3v) is 6.65. The van der Waals surface area contributed by atoms with Crippen LogP contribution in [0.3, 0.4) is 0 Å². The van der Waals surface area contributed by atoms with E-state index in [0.717, 1.165) is 18.4 Å². The van der Waals surface area contributed by atoms with Crippen LogP contribution in [-0.2, 0) is 14.9 Å². The average Bonchev–Trinajstić information content (AvgIpc) is 2.67. The van der Waals surface area contributed by atoms with Crippen molar-refractivity contribution in [3.63, 3.8) is 0 Å². The minimum absolute atomic E-state index is 0.160. The van der Waals surface area contributed by atoms with Crippen LogP contribution in [0.25, 0.3) is 0 Å². The summed E-state index contributed by atoms with van der Waals surface area (Å²) in [4.78, 5) is 36.5. The SMILES string of the molecule is COC(=O)[C@]1(C)CCC[C@]2(C)c3cc(NCCO)c([N+](=O)[O-])cc3C(=O)C[C@@H]12. The van der Waals surface area contributed by atoms with E-state index >= 15 is 0 Å². The van der Waals surface area contributed by atoms with Gasteiger partial charge in [0, 0.05) is 24.6 Å². The molecule has 8 nitrogen and oxygen atoms in total. The number of nitro benzene ring substituents is 1. The van der Waals surface area contributed by atoms with Gasteiger partial charge in [0.2, 0.25) is 0 Å². The highest BCUT2D eigenvalue weighted by molar-refractivity contribution is 6.01. The molecule has 2 N–H and O–H groups in total. The third-order valence-electron chi connectivity index (χ3n) is 6.65. The smallest absolute Gasteiger partial charge is 0.311 e. The molecular weight excluding hydrogens is 364 g/mol. The average molecular weight is 390 g/mol. The molecule has 3 rings (SSSR count). The van der Waals surface area contributed by atoms with Gasteiger partial charge in [0.15, 0.2) is 5.78 Å². The molecule has 1 aromatic rings. The van der Waals surface area contributed by atoms with Gasteiger partial charge in [-0.25, -0.2) is 0 Å². The Balaban J connectivity index is 2.18. The van der Waals surface area contributed by atoms with E-state index < -0.39 is 15.8 Å². The number of nitrogens with zero attached hydrogens (tertiary/aromatic N) is 1. The molecule has 0 radical (unpaired) electrons. The third kappa shape index (κ3) is 2.96. The maximum absolute atomic E-state index is 12.9. The van der Waals surface area contributed by atoms with Gasteiger partial charge in [0.1, 0.15) is 5.69 Å². The number of anilines is 1. The number of methoxy groups -OCH3 is 1. The number of aliphatic hydroxyl groups excluding tert-OH is 1. The molecule has 152 valence electrons. The summed E-state index contributed by atoms with van der Waals surface area (Å²) in [5.41, 5.74) is -0.0826. The molecule has 0 spiro atoms. The predicted molar refractivity (Wildman–Crippen MR) is 102 cm³/mol. The van der Waals surface area contributed by atoms with Gasteiger partial charge >= 0.3 is 5.97 Å². The van der Waals surface area contributed by atoms with Crippen molar-refractivity contribution in [2.24, 2.45) is 11.3 Å². The summed E-state index contributed by atoms with van der Waals surface area (Å²) in [6.07, 6.45) is 2.38. The number of benzene rings is 1. The number of fused-ring (bicyclic) bond motifs is 3. The van der Waals surface area contributed by atoms with Gasteiger partial charge in [-0.2, -0.15) is 0 Å². The molecule has 8 heteroatoms. The Hall–Kier alpha value is -2.48. The van der Waals surface area contributed by atoms with Gasteiger partial charge in [-0.05, 0) is 42.7 Å². The number of nitrogens with one attached hydrogen (secondary N) is 1. The predicted octanol–water partition coefficient (Wildman–Crippen LogP) is 2.82. The number of ketones is 1. The van der Waals surface area contributed by atoms with Gasteiger partial charge in [0.25, 0.3) is 5.69 Å². The first-order valence-corrected chi connectivity index (χ1v) is 9.48. The number of aliphatic hydroxyl groups is 1. The van der Waals surface area contributed by atoms with Crippen LogP contribution in [0.1, 0.15) is 55.5 Å². The molecule has 2 aliphatic rings. The van der Waals surface area contributed by atoms with E-state index in [2.05, 4.69) is 5.32 Å². The van der Waals surface area contributed by atoms with Gasteiger partial charge in [0.05, 0.1) is 24.1 Å². The lowest BCUT2D eigenvalue weighted by Crippen LogP contribution is -2.53. The first-order valence-electron chi connectivity index (χ1n) is 9.48. The number of carbonyl (C=O) groups is 2. The summed E-state index contributed by atoms with van der Waals surface area (Å²) >= 11 is 0. The summed E-state index contributed by atoms with van der Waals surface area (Å²) in [6, 6.07) is 3.00. The van der Waals surface area contributed by atoms with Gasteiger partial charge in [-0.15, -0.1) is 0 Å². The van der Waals surface area contributed by atoms with Crippen LogP contribution in [-0.4, -0.2) is 42.0 Å². The Morgan fingerprint density at radius 1 is 1.39 bits per heavy atom. The Kier molecular flexibility index (Phi) is 5.18. The Morgan fingerprint density at radius 2 is 2.11 bits per heavy atom. The van der Waals surface area contributed by atoms with Crippen LogP contribution in [0.5, 0.6) is 0 Å². The highest BCUT2D eigenvalue weighted by Crippen LogP contribution is 2.58. The molecule has 1 aromatic carbocycles. The molecule has 28 heavy (non-hydrogen) atoms. The molecule has 0 bridgehead atoms. The van der Waals surface area contributed by atoms with E-state index in [1.165, 1.54) is 13.2 Å². The summed E-state index contributed by atoms with van der Waals surface area (Å²) in [7, 11) is 1.36. The van der Waals surface area contributed by atoms with E-state index in [1.54, 1.807) is 6.07 Å². The van der Waals surface area contributed by atoms with Crippen molar-refractivity contribution in [3.05, 3.63) is 33.4 Å². The number of Topliss-reactive ketones (excluding diaryl/α,β-unsaturated/α-hetero) is 1. The molecule has 0 heterocycles. The second-order valence-electron chi connectivity index (χ2n) is 8.18. The zero-order chi connectivity index (χ0) is 20.7. The highest BCUT2D eigenvalue weighted by Gasteiger charge is 2.57. The quantitative estimate of drug-likeness (QED) is 0.451. The van der Waals surface area contributed by atoms with E-state index in [1.807, 2.05) is 13.8 Å². The Labute approximate surface area is 163 Å². The van der Waals surface area contributed by atoms with Crippen LogP contribution >= 0.6 is 0 Å². The summed E-state index contributed by atoms with van der Waals surface area (Å²) in [5.74, 6) is -0.750. The minimum Gasteiger partial charge on any atom is -0.469 e. The number of hydrogen-bond acceptors (Lipinski definition) is 7. The Morgan fingerprint density at radius 3 is 2.71 bits per heavy atom. The first kappa shape index (κ1) is 20.3. The molecule has 2 aliphatic carbocycles. The van der Waals surface area contributed by atoms with Crippen LogP contribution in [0.4, 0.5) is 11.4 Å². The molecule has 1 fully saturated rings. The maximum Gasteiger partial charge on any atom is 0.311 e. The fraction of sp³-hybridized carbons (Fsp3) is 0.600. The van der Waals surface area contributed by atoms with Crippen molar-refractivity contribution in [3.8, 4) is 0 Å². The van der Waals surface area contributed by atoms with Gasteiger partial charge in [-0.3, -0.25) is 19.7 Å². The van der Waals surface area contributed by atoms with E-state index in [-0.39, 0.29) is 48.6 Å². The van der Waals surface area contributed by atoms with Crippen molar-refractivity contribution >= 4 is 23.1 Å². The van der Waals surface area contributed by atoms with Crippen molar-refractivity contribution in [2.75, 3.05) is 25.6 Å². The molecule has 1 saturated carbocycles. The van der Waals surface area contributed by atoms with E-state index in [4.69, 9.17) is 9.84 Å². The number of nitro groups is 1. The zero-order valence-electron chi connectivity index (χ0n) is 16.4. The number of rotatable bonds is 5. The van der Waals surface area contributed by atoms with E-state index in [0.29, 0.717) is 12.0 Å². The minimum atomic E-state index is -0.782. The Bertz CT molecular complexity index is 838. The molecule has 3 atom stereocenters. The van der Waals surface area contributed by atoms with Crippen LogP contribution in [0, 0.1) is 21.4 Å². The number of hydrogen-bond donors (Lipinski definition) is 2. The van der Waals surface area contributed by atoms with Crippen molar-refractivity contribution in [1.82, 2.24) is 0 Å². The number of carbonyl (C=O) groups excluding carboxylic acids is 2. The summed E-state index contributed by atoms with van der Waals surface area (Å²) in [5, 5.41) is 23.5. The summed E-state index contributed by atoms with van der Waals surface area (Å²) in [6.45, 7) is 3.88. The standard InChI is InChI=1S/C20H26N2O6/c1-19-5-4-6-20(2,18(25)28-3)17(19)11-16(24)12-9-15(22(26)27)14(10-13(12)19)21-7-8-23/h9-10,17,21,23H,4-8,11H2,1-3H3/t17-,19-,20-/m1/s1. The zero-order valence-corrected chi connectivity index (χ0v) is 16.4. The maximum atomic E-state index is 12.9. The monoisotopic (exact) mass is 390 g/mol. The van der Waals surface area contributed by atoms with Crippen molar-refractivity contribution in [1.29, 1.82) is 0 Å². The second-order valence-corrected chi connectivity index (χ2v) is 8.18. The topological polar surface area (TPSA) is 119 Å². The van der Waals surface area contributed by atoms with Crippen LogP contribution < -0.4 is 5.32 Å². The van der Waals surface area contributed by atoms with E-state index in [9.17, 15) is 19.7 Å². The van der Waals surface area contributed by atoms with Gasteiger partial charge in [-0.1, -0.05) is 13.3 Å². The molecule has 0 aliphatic heterocycles. The summed E-state index contributed by atoms with van der Waals surface area (Å²) < 4.78 is 5.06. The fourth-order valence-corrected chi connectivity index (χ4v) is 5.19. The molecule has 0 saturated heterocycles. The number of ether oxygens (including phenoxy) is 1. The van der Waals surface area contributed by atoms with Gasteiger partial charge < -0.3 is 15.2 Å². The fourth-order valence-electron chi connectivity index (χ4n) is 5.19. The molecular formula is C20H26N2O6. The van der Waals surface area contributed by atoms with Crippen molar-refractivity contribution in [2.45, 2.75) is 44.9 Å². The highest BCUT2D eigenvalue weighted by atomic mass is 16.6. The normalized spacial score (nSPS) is 28.9.